The minimum Gasteiger partial charge on any atom is -0.486 e. The number of carbonyl (C=O) groups excluding carboxylic acids is 1. The molecule has 1 aromatic carbocycles. The highest BCUT2D eigenvalue weighted by Crippen LogP contribution is 2.23. The Morgan fingerprint density at radius 2 is 2.00 bits per heavy atom. The van der Waals surface area contributed by atoms with Crippen LogP contribution in [0.3, 0.4) is 0 Å². The van der Waals surface area contributed by atoms with Crippen molar-refractivity contribution in [2.24, 2.45) is 0 Å². The van der Waals surface area contributed by atoms with Crippen LogP contribution in [0, 0.1) is 6.92 Å². The van der Waals surface area contributed by atoms with E-state index >= 15 is 0 Å². The average Bonchev–Trinajstić information content (AvgIpc) is 2.95. The summed E-state index contributed by atoms with van der Waals surface area (Å²) in [5, 5.41) is 8.69. The zero-order valence-corrected chi connectivity index (χ0v) is 14.6. The van der Waals surface area contributed by atoms with Crippen molar-refractivity contribution in [1.82, 2.24) is 14.8 Å². The van der Waals surface area contributed by atoms with Crippen LogP contribution in [0.15, 0.2) is 29.4 Å². The minimum absolute atomic E-state index is 0.280. The lowest BCUT2D eigenvalue weighted by Gasteiger charge is -2.11. The van der Waals surface area contributed by atoms with E-state index < -0.39 is 0 Å². The van der Waals surface area contributed by atoms with E-state index in [0.29, 0.717) is 18.3 Å². The Morgan fingerprint density at radius 3 is 2.61 bits per heavy atom. The fourth-order valence-electron chi connectivity index (χ4n) is 1.99. The summed E-state index contributed by atoms with van der Waals surface area (Å²) in [5.41, 5.74) is 1.18. The van der Waals surface area contributed by atoms with Crippen LogP contribution < -0.4 is 4.74 Å². The van der Waals surface area contributed by atoms with Gasteiger partial charge in [0.25, 0.3) is 0 Å². The van der Waals surface area contributed by atoms with Crippen LogP contribution in [0.1, 0.15) is 25.2 Å². The van der Waals surface area contributed by atoms with Crippen LogP contribution in [0.25, 0.3) is 0 Å². The molecule has 2 aromatic rings. The van der Waals surface area contributed by atoms with Gasteiger partial charge in [-0.1, -0.05) is 29.5 Å². The molecule has 1 atom stereocenters. The molecule has 0 saturated heterocycles. The van der Waals surface area contributed by atoms with Crippen LogP contribution in [-0.2, 0) is 22.7 Å². The summed E-state index contributed by atoms with van der Waals surface area (Å²) in [5.74, 6) is 1.24. The maximum absolute atomic E-state index is 11.5. The number of hydrogen-bond acceptors (Lipinski definition) is 6. The minimum atomic E-state index is -0.333. The van der Waals surface area contributed by atoms with Gasteiger partial charge in [-0.25, -0.2) is 0 Å². The van der Waals surface area contributed by atoms with Gasteiger partial charge in [-0.3, -0.25) is 4.79 Å². The zero-order valence-electron chi connectivity index (χ0n) is 13.8. The normalized spacial score (nSPS) is 12.0. The SMILES string of the molecule is CCn1c(COc2ccc(C)cc2)nnc1S[C@@H](C)C(=O)OC. The third-order valence-electron chi connectivity index (χ3n) is 3.31. The van der Waals surface area contributed by atoms with E-state index in [1.807, 2.05) is 42.7 Å². The molecule has 0 fully saturated rings. The van der Waals surface area contributed by atoms with Crippen LogP contribution in [0.4, 0.5) is 0 Å². The fraction of sp³-hybridized carbons (Fsp3) is 0.438. The summed E-state index contributed by atoms with van der Waals surface area (Å²) in [4.78, 5) is 11.5. The molecule has 1 aromatic heterocycles. The van der Waals surface area contributed by atoms with Crippen molar-refractivity contribution in [3.8, 4) is 5.75 Å². The Bertz CT molecular complexity index is 655. The van der Waals surface area contributed by atoms with E-state index in [0.717, 1.165) is 11.6 Å². The van der Waals surface area contributed by atoms with Gasteiger partial charge in [0.1, 0.15) is 17.6 Å². The molecular formula is C16H21N3O3S. The largest absolute Gasteiger partial charge is 0.486 e. The molecule has 6 nitrogen and oxygen atoms in total. The zero-order chi connectivity index (χ0) is 16.8. The Morgan fingerprint density at radius 1 is 1.30 bits per heavy atom. The van der Waals surface area contributed by atoms with Gasteiger partial charge in [-0.2, -0.15) is 0 Å². The van der Waals surface area contributed by atoms with Gasteiger partial charge in [0.2, 0.25) is 0 Å². The highest BCUT2D eigenvalue weighted by atomic mass is 32.2. The molecule has 0 aliphatic heterocycles. The Balaban J connectivity index is 2.05. The van der Waals surface area contributed by atoms with Gasteiger partial charge in [0.05, 0.1) is 7.11 Å². The summed E-state index contributed by atoms with van der Waals surface area (Å²) in [6.45, 7) is 6.86. The van der Waals surface area contributed by atoms with E-state index in [-0.39, 0.29) is 11.2 Å². The standard InChI is InChI=1S/C16H21N3O3S/c1-5-19-14(10-22-13-8-6-11(2)7-9-13)17-18-16(19)23-12(3)15(20)21-4/h6-9,12H,5,10H2,1-4H3/t12-/m0/s1. The average molecular weight is 335 g/mol. The Labute approximate surface area is 140 Å². The first-order valence-electron chi connectivity index (χ1n) is 7.41. The van der Waals surface area contributed by atoms with Gasteiger partial charge in [-0.05, 0) is 32.9 Å². The van der Waals surface area contributed by atoms with Crippen molar-refractivity contribution in [2.75, 3.05) is 7.11 Å². The van der Waals surface area contributed by atoms with E-state index in [4.69, 9.17) is 9.47 Å². The molecule has 0 unspecified atom stereocenters. The van der Waals surface area contributed by atoms with Crippen LogP contribution in [-0.4, -0.2) is 33.1 Å². The number of aryl methyl sites for hydroxylation is 1. The predicted octanol–water partition coefficient (Wildman–Crippen LogP) is 2.84. The second-order valence-corrected chi connectivity index (χ2v) is 6.34. The number of nitrogens with zero attached hydrogens (tertiary/aromatic N) is 3. The molecular weight excluding hydrogens is 314 g/mol. The van der Waals surface area contributed by atoms with Crippen molar-refractivity contribution in [2.45, 2.75) is 44.3 Å². The second-order valence-electron chi connectivity index (χ2n) is 5.03. The van der Waals surface area contributed by atoms with Crippen LogP contribution in [0.5, 0.6) is 5.75 Å². The number of ether oxygens (including phenoxy) is 2. The first-order chi connectivity index (χ1) is 11.0. The first-order valence-corrected chi connectivity index (χ1v) is 8.29. The molecule has 0 aliphatic carbocycles. The molecule has 0 amide bonds. The quantitative estimate of drug-likeness (QED) is 0.572. The number of esters is 1. The first kappa shape index (κ1) is 17.3. The van der Waals surface area contributed by atoms with Crippen molar-refractivity contribution in [3.05, 3.63) is 35.7 Å². The molecule has 1 heterocycles. The van der Waals surface area contributed by atoms with Crippen molar-refractivity contribution in [1.29, 1.82) is 0 Å². The maximum atomic E-state index is 11.5. The summed E-state index contributed by atoms with van der Waals surface area (Å²) < 4.78 is 12.4. The van der Waals surface area contributed by atoms with E-state index in [9.17, 15) is 4.79 Å². The third-order valence-corrected chi connectivity index (χ3v) is 4.37. The lowest BCUT2D eigenvalue weighted by atomic mass is 10.2. The lowest BCUT2D eigenvalue weighted by Crippen LogP contribution is -2.16. The molecule has 23 heavy (non-hydrogen) atoms. The van der Waals surface area contributed by atoms with E-state index in [1.54, 1.807) is 6.92 Å². The highest BCUT2D eigenvalue weighted by molar-refractivity contribution is 8.00. The van der Waals surface area contributed by atoms with Gasteiger partial charge in [0.15, 0.2) is 11.0 Å². The fourth-order valence-corrected chi connectivity index (χ4v) is 2.94. The summed E-state index contributed by atoms with van der Waals surface area (Å²) in [7, 11) is 1.38. The highest BCUT2D eigenvalue weighted by Gasteiger charge is 2.20. The predicted molar refractivity (Wildman–Crippen MR) is 88.5 cm³/mol. The number of rotatable bonds is 7. The molecule has 0 N–H and O–H groups in total. The topological polar surface area (TPSA) is 66.2 Å². The van der Waals surface area contributed by atoms with Gasteiger partial charge in [-0.15, -0.1) is 10.2 Å². The molecule has 0 bridgehead atoms. The number of carbonyl (C=O) groups is 1. The van der Waals surface area contributed by atoms with Gasteiger partial charge in [0, 0.05) is 6.54 Å². The maximum Gasteiger partial charge on any atom is 0.318 e. The molecule has 0 aliphatic rings. The Hall–Kier alpha value is -2.02. The van der Waals surface area contributed by atoms with E-state index in [2.05, 4.69) is 10.2 Å². The smallest absolute Gasteiger partial charge is 0.318 e. The molecule has 0 saturated carbocycles. The van der Waals surface area contributed by atoms with Gasteiger partial charge < -0.3 is 14.0 Å². The van der Waals surface area contributed by atoms with Crippen molar-refractivity contribution in [3.63, 3.8) is 0 Å². The number of benzene rings is 1. The summed E-state index contributed by atoms with van der Waals surface area (Å²) in [6, 6.07) is 7.85. The molecule has 7 heteroatoms. The molecule has 0 spiro atoms. The second kappa shape index (κ2) is 8.01. The van der Waals surface area contributed by atoms with E-state index in [1.165, 1.54) is 24.4 Å². The molecule has 124 valence electrons. The summed E-state index contributed by atoms with van der Waals surface area (Å²) in [6.07, 6.45) is 0. The number of methoxy groups -OCH3 is 1. The third kappa shape index (κ3) is 4.48. The van der Waals surface area contributed by atoms with Gasteiger partial charge >= 0.3 is 5.97 Å². The van der Waals surface area contributed by atoms with Crippen molar-refractivity contribution >= 4 is 17.7 Å². The van der Waals surface area contributed by atoms with Crippen LogP contribution in [0.2, 0.25) is 0 Å². The Kier molecular flexibility index (Phi) is 6.04. The summed E-state index contributed by atoms with van der Waals surface area (Å²) >= 11 is 1.33. The molecule has 2 rings (SSSR count). The van der Waals surface area contributed by atoms with Crippen LogP contribution >= 0.6 is 11.8 Å². The van der Waals surface area contributed by atoms with Crippen molar-refractivity contribution < 1.29 is 14.3 Å². The number of thioether (sulfide) groups is 1. The molecule has 0 radical (unpaired) electrons. The number of hydrogen-bond donors (Lipinski definition) is 0. The number of aromatic nitrogens is 3. The monoisotopic (exact) mass is 335 g/mol. The lowest BCUT2D eigenvalue weighted by molar-refractivity contribution is -0.139.